The van der Waals surface area contributed by atoms with Crippen molar-refractivity contribution in [2.24, 2.45) is 0 Å². The van der Waals surface area contributed by atoms with Crippen LogP contribution in [0.1, 0.15) is 19.3 Å². The second-order valence-corrected chi connectivity index (χ2v) is 6.12. The predicted molar refractivity (Wildman–Crippen MR) is 67.4 cm³/mol. The molecule has 0 radical (unpaired) electrons. The summed E-state index contributed by atoms with van der Waals surface area (Å²) in [7, 11) is -1.87. The lowest BCUT2D eigenvalue weighted by atomic mass is 10.3. The van der Waals surface area contributed by atoms with Gasteiger partial charge in [-0.1, -0.05) is 0 Å². The molecule has 1 aliphatic rings. The molecule has 0 spiro atoms. The van der Waals surface area contributed by atoms with E-state index in [2.05, 4.69) is 9.71 Å². The molecule has 1 fully saturated rings. The Hall–Kier alpha value is -1.18. The lowest BCUT2D eigenvalue weighted by Crippen LogP contribution is -2.33. The van der Waals surface area contributed by atoms with Gasteiger partial charge in [0, 0.05) is 19.3 Å². The van der Waals surface area contributed by atoms with Gasteiger partial charge < -0.3 is 10.5 Å². The third kappa shape index (κ3) is 2.98. The molecule has 0 saturated heterocycles. The zero-order chi connectivity index (χ0) is 13.2. The predicted octanol–water partition coefficient (Wildman–Crippen LogP) is 0.510. The number of hydrogen-bond donors (Lipinski definition) is 2. The lowest BCUT2D eigenvalue weighted by Gasteiger charge is -2.13. The molecule has 2 unspecified atom stereocenters. The summed E-state index contributed by atoms with van der Waals surface area (Å²) in [4.78, 5) is 3.92. The third-order valence-electron chi connectivity index (χ3n) is 3.11. The number of hydrogen-bond acceptors (Lipinski definition) is 5. The number of rotatable bonds is 4. The minimum absolute atomic E-state index is 0.0718. The highest BCUT2D eigenvalue weighted by atomic mass is 32.2. The molecule has 1 aromatic heterocycles. The largest absolute Gasteiger partial charge is 0.384 e. The summed E-state index contributed by atoms with van der Waals surface area (Å²) in [5, 5.41) is 0. The first-order valence-corrected chi connectivity index (χ1v) is 7.26. The SMILES string of the molecule is COC1CCC(NS(=O)(=O)c2ccc(N)nc2)C1. The summed E-state index contributed by atoms with van der Waals surface area (Å²) in [6, 6.07) is 2.85. The highest BCUT2D eigenvalue weighted by Crippen LogP contribution is 2.23. The molecular formula is C11H17N3O3S. The topological polar surface area (TPSA) is 94.3 Å². The number of nitrogens with zero attached hydrogens (tertiary/aromatic N) is 1. The molecule has 100 valence electrons. The standard InChI is InChI=1S/C11H17N3O3S/c1-17-9-3-2-8(6-9)14-18(15,16)10-4-5-11(12)13-7-10/h4-5,7-9,14H,2-3,6H2,1H3,(H2,12,13). The molecule has 2 rings (SSSR count). The summed E-state index contributed by atoms with van der Waals surface area (Å²) in [5.41, 5.74) is 5.43. The maximum atomic E-state index is 12.1. The van der Waals surface area contributed by atoms with Crippen molar-refractivity contribution >= 4 is 15.8 Å². The maximum Gasteiger partial charge on any atom is 0.242 e. The van der Waals surface area contributed by atoms with Crippen LogP contribution in [0.3, 0.4) is 0 Å². The molecule has 1 aromatic rings. The minimum Gasteiger partial charge on any atom is -0.384 e. The smallest absolute Gasteiger partial charge is 0.242 e. The fourth-order valence-electron chi connectivity index (χ4n) is 2.10. The summed E-state index contributed by atoms with van der Waals surface area (Å²) in [6.07, 6.45) is 3.78. The van der Waals surface area contributed by atoms with Crippen LogP contribution in [0.15, 0.2) is 23.2 Å². The van der Waals surface area contributed by atoms with E-state index >= 15 is 0 Å². The van der Waals surface area contributed by atoms with Gasteiger partial charge in [-0.2, -0.15) is 0 Å². The zero-order valence-corrected chi connectivity index (χ0v) is 11.0. The van der Waals surface area contributed by atoms with E-state index in [1.165, 1.54) is 18.3 Å². The van der Waals surface area contributed by atoms with Gasteiger partial charge >= 0.3 is 0 Å². The number of aromatic nitrogens is 1. The van der Waals surface area contributed by atoms with E-state index in [-0.39, 0.29) is 17.0 Å². The molecule has 0 aromatic carbocycles. The number of nitrogen functional groups attached to an aromatic ring is 1. The van der Waals surface area contributed by atoms with Crippen molar-refractivity contribution < 1.29 is 13.2 Å². The van der Waals surface area contributed by atoms with Gasteiger partial charge in [0.25, 0.3) is 0 Å². The van der Waals surface area contributed by atoms with Crippen LogP contribution in [0.5, 0.6) is 0 Å². The van der Waals surface area contributed by atoms with Crippen LogP contribution < -0.4 is 10.5 Å². The Labute approximate surface area is 107 Å². The molecule has 1 aliphatic carbocycles. The fourth-order valence-corrected chi connectivity index (χ4v) is 3.33. The fraction of sp³-hybridized carbons (Fsp3) is 0.545. The van der Waals surface area contributed by atoms with E-state index in [1.54, 1.807) is 7.11 Å². The first-order valence-electron chi connectivity index (χ1n) is 5.78. The summed E-state index contributed by atoms with van der Waals surface area (Å²) in [6.45, 7) is 0. The van der Waals surface area contributed by atoms with Crippen LogP contribution in [-0.4, -0.2) is 32.7 Å². The second kappa shape index (κ2) is 5.21. The van der Waals surface area contributed by atoms with Crippen LogP contribution in [0.25, 0.3) is 0 Å². The highest BCUT2D eigenvalue weighted by Gasteiger charge is 2.28. The van der Waals surface area contributed by atoms with Crippen molar-refractivity contribution in [2.45, 2.75) is 36.3 Å². The molecule has 18 heavy (non-hydrogen) atoms. The van der Waals surface area contributed by atoms with Gasteiger partial charge in [0.1, 0.15) is 10.7 Å². The number of nitrogens with two attached hydrogens (primary N) is 1. The van der Waals surface area contributed by atoms with Gasteiger partial charge in [0.2, 0.25) is 10.0 Å². The lowest BCUT2D eigenvalue weighted by molar-refractivity contribution is 0.107. The first kappa shape index (κ1) is 13.3. The first-order chi connectivity index (χ1) is 8.51. The monoisotopic (exact) mass is 271 g/mol. The quantitative estimate of drug-likeness (QED) is 0.832. The van der Waals surface area contributed by atoms with Crippen LogP contribution in [0, 0.1) is 0 Å². The Morgan fingerprint density at radius 2 is 2.22 bits per heavy atom. The summed E-state index contributed by atoms with van der Waals surface area (Å²) in [5.74, 6) is 0.300. The summed E-state index contributed by atoms with van der Waals surface area (Å²) >= 11 is 0. The van der Waals surface area contributed by atoms with Crippen molar-refractivity contribution in [2.75, 3.05) is 12.8 Å². The maximum absolute atomic E-state index is 12.1. The molecule has 2 atom stereocenters. The number of anilines is 1. The Morgan fingerprint density at radius 3 is 2.78 bits per heavy atom. The molecule has 0 aliphatic heterocycles. The van der Waals surface area contributed by atoms with Crippen molar-refractivity contribution in [3.8, 4) is 0 Å². The zero-order valence-electron chi connectivity index (χ0n) is 10.2. The molecule has 3 N–H and O–H groups in total. The number of sulfonamides is 1. The van der Waals surface area contributed by atoms with E-state index < -0.39 is 10.0 Å². The molecule has 0 bridgehead atoms. The van der Waals surface area contributed by atoms with Gasteiger partial charge in [-0.05, 0) is 31.4 Å². The molecule has 7 heteroatoms. The molecule has 1 heterocycles. The Kier molecular flexibility index (Phi) is 3.84. The Bertz CT molecular complexity index is 501. The summed E-state index contributed by atoms with van der Waals surface area (Å²) < 4.78 is 32.0. The van der Waals surface area contributed by atoms with Gasteiger partial charge in [0.15, 0.2) is 0 Å². The molecule has 6 nitrogen and oxygen atoms in total. The normalized spacial score (nSPS) is 24.3. The van der Waals surface area contributed by atoms with Crippen molar-refractivity contribution in [3.05, 3.63) is 18.3 Å². The average molecular weight is 271 g/mol. The van der Waals surface area contributed by atoms with E-state index in [1.807, 2.05) is 0 Å². The Balaban J connectivity index is 2.06. The number of ether oxygens (including phenoxy) is 1. The van der Waals surface area contributed by atoms with Gasteiger partial charge in [-0.15, -0.1) is 0 Å². The van der Waals surface area contributed by atoms with E-state index in [9.17, 15) is 8.42 Å². The molecular weight excluding hydrogens is 254 g/mol. The highest BCUT2D eigenvalue weighted by molar-refractivity contribution is 7.89. The van der Waals surface area contributed by atoms with Crippen molar-refractivity contribution in [3.63, 3.8) is 0 Å². The van der Waals surface area contributed by atoms with Gasteiger partial charge in [-0.3, -0.25) is 0 Å². The van der Waals surface area contributed by atoms with Crippen LogP contribution in [0.4, 0.5) is 5.82 Å². The molecule has 1 saturated carbocycles. The van der Waals surface area contributed by atoms with Crippen LogP contribution in [0.2, 0.25) is 0 Å². The second-order valence-electron chi connectivity index (χ2n) is 4.41. The molecule has 0 amide bonds. The van der Waals surface area contributed by atoms with Crippen LogP contribution >= 0.6 is 0 Å². The minimum atomic E-state index is -3.52. The number of methoxy groups -OCH3 is 1. The third-order valence-corrected chi connectivity index (χ3v) is 4.61. The van der Waals surface area contributed by atoms with Crippen molar-refractivity contribution in [1.29, 1.82) is 0 Å². The van der Waals surface area contributed by atoms with Gasteiger partial charge in [-0.25, -0.2) is 18.1 Å². The van der Waals surface area contributed by atoms with Crippen molar-refractivity contribution in [1.82, 2.24) is 9.71 Å². The van der Waals surface area contributed by atoms with Crippen LogP contribution in [-0.2, 0) is 14.8 Å². The van der Waals surface area contributed by atoms with E-state index in [0.29, 0.717) is 12.2 Å². The Morgan fingerprint density at radius 1 is 1.44 bits per heavy atom. The van der Waals surface area contributed by atoms with E-state index in [4.69, 9.17) is 10.5 Å². The number of pyridine rings is 1. The average Bonchev–Trinajstić information content (AvgIpc) is 2.76. The number of nitrogens with one attached hydrogen (secondary N) is 1. The van der Waals surface area contributed by atoms with E-state index in [0.717, 1.165) is 12.8 Å². The van der Waals surface area contributed by atoms with Gasteiger partial charge in [0.05, 0.1) is 6.10 Å².